The van der Waals surface area contributed by atoms with E-state index in [1.54, 1.807) is 6.07 Å². The number of nitrogens with zero attached hydrogens (tertiary/aromatic N) is 1. The van der Waals surface area contributed by atoms with Crippen LogP contribution in [-0.2, 0) is 0 Å². The van der Waals surface area contributed by atoms with Crippen molar-refractivity contribution < 1.29 is 5.11 Å². The van der Waals surface area contributed by atoms with E-state index in [0.29, 0.717) is 0 Å². The standard InChI is InChI=1S/C20H33N3OS/c1-3-4-5-6-7-8-9-10-11-12-18(22-23-20(21)25)17-15-16(2)13-14-19(17)24/h13-15,24H,3-12H2,1-2H3,(H3,21,23,25)/b22-18-. The second-order valence-electron chi connectivity index (χ2n) is 6.63. The summed E-state index contributed by atoms with van der Waals surface area (Å²) in [6, 6.07) is 5.54. The second-order valence-corrected chi connectivity index (χ2v) is 7.07. The van der Waals surface area contributed by atoms with Gasteiger partial charge >= 0.3 is 0 Å². The van der Waals surface area contributed by atoms with Gasteiger partial charge in [-0.3, -0.25) is 5.43 Å². The molecule has 1 aromatic carbocycles. The summed E-state index contributed by atoms with van der Waals surface area (Å²) in [5.74, 6) is 0.241. The van der Waals surface area contributed by atoms with Crippen LogP contribution in [0.5, 0.6) is 5.75 Å². The number of nitrogens with two attached hydrogens (primary N) is 1. The van der Waals surface area contributed by atoms with Gasteiger partial charge in [-0.05, 0) is 44.1 Å². The topological polar surface area (TPSA) is 70.6 Å². The largest absolute Gasteiger partial charge is 0.507 e. The van der Waals surface area contributed by atoms with Crippen LogP contribution in [0.1, 0.15) is 82.3 Å². The smallest absolute Gasteiger partial charge is 0.184 e. The molecule has 0 unspecified atom stereocenters. The number of phenols is 1. The van der Waals surface area contributed by atoms with E-state index in [0.717, 1.165) is 29.7 Å². The molecule has 4 N–H and O–H groups in total. The summed E-state index contributed by atoms with van der Waals surface area (Å²) in [5, 5.41) is 14.6. The molecule has 0 amide bonds. The zero-order valence-corrected chi connectivity index (χ0v) is 16.5. The normalized spacial score (nSPS) is 11.5. The van der Waals surface area contributed by atoms with Crippen molar-refractivity contribution >= 4 is 23.0 Å². The summed E-state index contributed by atoms with van der Waals surface area (Å²) >= 11 is 4.83. The molecule has 0 aliphatic heterocycles. The van der Waals surface area contributed by atoms with E-state index >= 15 is 0 Å². The molecular formula is C20H33N3OS. The van der Waals surface area contributed by atoms with Gasteiger partial charge in [-0.1, -0.05) is 69.9 Å². The number of rotatable bonds is 12. The Balaban J connectivity index is 2.46. The number of unbranched alkanes of at least 4 members (excludes halogenated alkanes) is 8. The number of aryl methyl sites for hydroxylation is 1. The van der Waals surface area contributed by atoms with Crippen LogP contribution in [-0.4, -0.2) is 15.9 Å². The van der Waals surface area contributed by atoms with E-state index in [1.165, 1.54) is 51.4 Å². The van der Waals surface area contributed by atoms with Crippen molar-refractivity contribution in [1.29, 1.82) is 0 Å². The van der Waals surface area contributed by atoms with Crippen molar-refractivity contribution in [3.8, 4) is 5.75 Å². The minimum absolute atomic E-state index is 0.136. The van der Waals surface area contributed by atoms with Crippen molar-refractivity contribution in [3.05, 3.63) is 29.3 Å². The van der Waals surface area contributed by atoms with Gasteiger partial charge in [0.2, 0.25) is 0 Å². The highest BCUT2D eigenvalue weighted by atomic mass is 32.1. The highest BCUT2D eigenvalue weighted by molar-refractivity contribution is 7.80. The molecular weight excluding hydrogens is 330 g/mol. The Morgan fingerprint density at radius 3 is 2.28 bits per heavy atom. The summed E-state index contributed by atoms with van der Waals surface area (Å²) in [6.07, 6.45) is 12.3. The average molecular weight is 364 g/mol. The Morgan fingerprint density at radius 2 is 1.68 bits per heavy atom. The summed E-state index contributed by atoms with van der Waals surface area (Å²) < 4.78 is 0. The predicted octanol–water partition coefficient (Wildman–Crippen LogP) is 5.16. The Kier molecular flexibility index (Phi) is 10.9. The van der Waals surface area contributed by atoms with Crippen LogP contribution in [0.25, 0.3) is 0 Å². The third-order valence-corrected chi connectivity index (χ3v) is 4.37. The monoisotopic (exact) mass is 363 g/mol. The van der Waals surface area contributed by atoms with Crippen LogP contribution < -0.4 is 11.2 Å². The molecule has 25 heavy (non-hydrogen) atoms. The van der Waals surface area contributed by atoms with Crippen LogP contribution >= 0.6 is 12.2 Å². The highest BCUT2D eigenvalue weighted by Crippen LogP contribution is 2.22. The lowest BCUT2D eigenvalue weighted by Crippen LogP contribution is -2.25. The molecule has 0 saturated carbocycles. The van der Waals surface area contributed by atoms with Crippen LogP contribution in [0.15, 0.2) is 23.3 Å². The predicted molar refractivity (Wildman–Crippen MR) is 111 cm³/mol. The highest BCUT2D eigenvalue weighted by Gasteiger charge is 2.10. The number of phenolic OH excluding ortho intramolecular Hbond substituents is 1. The van der Waals surface area contributed by atoms with Gasteiger partial charge in [-0.25, -0.2) is 0 Å². The number of hydrogen-bond donors (Lipinski definition) is 3. The lowest BCUT2D eigenvalue weighted by molar-refractivity contribution is 0.473. The maximum Gasteiger partial charge on any atom is 0.184 e. The van der Waals surface area contributed by atoms with Gasteiger partial charge in [0.25, 0.3) is 0 Å². The maximum atomic E-state index is 10.1. The van der Waals surface area contributed by atoms with E-state index in [2.05, 4.69) is 17.5 Å². The van der Waals surface area contributed by atoms with Crippen LogP contribution in [0.3, 0.4) is 0 Å². The zero-order valence-electron chi connectivity index (χ0n) is 15.7. The molecule has 5 heteroatoms. The quantitative estimate of drug-likeness (QED) is 0.208. The molecule has 0 radical (unpaired) electrons. The fourth-order valence-corrected chi connectivity index (χ4v) is 2.90. The first-order valence-corrected chi connectivity index (χ1v) is 9.87. The van der Waals surface area contributed by atoms with E-state index in [-0.39, 0.29) is 10.9 Å². The first-order chi connectivity index (χ1) is 12.0. The number of aromatic hydroxyl groups is 1. The van der Waals surface area contributed by atoms with Gasteiger partial charge in [0.05, 0.1) is 5.71 Å². The van der Waals surface area contributed by atoms with E-state index in [4.69, 9.17) is 18.0 Å². The van der Waals surface area contributed by atoms with Gasteiger partial charge < -0.3 is 10.8 Å². The van der Waals surface area contributed by atoms with E-state index in [1.807, 2.05) is 19.1 Å². The Morgan fingerprint density at radius 1 is 1.08 bits per heavy atom. The van der Waals surface area contributed by atoms with Gasteiger partial charge in [0.15, 0.2) is 5.11 Å². The van der Waals surface area contributed by atoms with Crippen molar-refractivity contribution in [2.45, 2.75) is 78.1 Å². The van der Waals surface area contributed by atoms with Gasteiger partial charge in [-0.2, -0.15) is 5.10 Å². The number of benzene rings is 1. The van der Waals surface area contributed by atoms with Crippen LogP contribution in [0.4, 0.5) is 0 Å². The van der Waals surface area contributed by atoms with E-state index < -0.39 is 0 Å². The molecule has 140 valence electrons. The van der Waals surface area contributed by atoms with Crippen LogP contribution in [0.2, 0.25) is 0 Å². The molecule has 1 aromatic rings. The van der Waals surface area contributed by atoms with Gasteiger partial charge in [0.1, 0.15) is 5.75 Å². The zero-order chi connectivity index (χ0) is 18.5. The Labute approximate surface area is 157 Å². The summed E-state index contributed by atoms with van der Waals surface area (Å²) in [5.41, 5.74) is 10.8. The molecule has 0 bridgehead atoms. The molecule has 0 aromatic heterocycles. The second kappa shape index (κ2) is 12.7. The molecule has 0 spiro atoms. The third-order valence-electron chi connectivity index (χ3n) is 4.28. The number of nitrogens with one attached hydrogen (secondary N) is 1. The fraction of sp³-hybridized carbons (Fsp3) is 0.600. The van der Waals surface area contributed by atoms with Gasteiger partial charge in [0, 0.05) is 5.56 Å². The summed E-state index contributed by atoms with van der Waals surface area (Å²) in [6.45, 7) is 4.25. The molecule has 0 fully saturated rings. The summed E-state index contributed by atoms with van der Waals surface area (Å²) in [4.78, 5) is 0. The molecule has 0 saturated heterocycles. The molecule has 0 atom stereocenters. The van der Waals surface area contributed by atoms with Crippen molar-refractivity contribution in [2.24, 2.45) is 10.8 Å². The van der Waals surface area contributed by atoms with Crippen molar-refractivity contribution in [2.75, 3.05) is 0 Å². The van der Waals surface area contributed by atoms with Crippen molar-refractivity contribution in [3.63, 3.8) is 0 Å². The summed E-state index contributed by atoms with van der Waals surface area (Å²) in [7, 11) is 0. The SMILES string of the molecule is CCCCCCCCCCC/C(=N/NC(N)=S)c1cc(C)ccc1O. The van der Waals surface area contributed by atoms with Gasteiger partial charge in [-0.15, -0.1) is 0 Å². The number of hydrogen-bond acceptors (Lipinski definition) is 3. The molecule has 4 nitrogen and oxygen atoms in total. The Bertz CT molecular complexity index is 558. The maximum absolute atomic E-state index is 10.1. The van der Waals surface area contributed by atoms with Crippen molar-refractivity contribution in [1.82, 2.24) is 5.43 Å². The number of thiocarbonyl (C=S) groups is 1. The molecule has 0 aliphatic rings. The third kappa shape index (κ3) is 9.44. The number of hydrazone groups is 1. The first-order valence-electron chi connectivity index (χ1n) is 9.46. The average Bonchev–Trinajstić information content (AvgIpc) is 2.58. The van der Waals surface area contributed by atoms with Crippen LogP contribution in [0, 0.1) is 6.92 Å². The minimum Gasteiger partial charge on any atom is -0.507 e. The minimum atomic E-state index is 0.136. The molecule has 1 rings (SSSR count). The first kappa shape index (κ1) is 21.4. The molecule has 0 aliphatic carbocycles. The lowest BCUT2D eigenvalue weighted by atomic mass is 10.00. The lowest BCUT2D eigenvalue weighted by Gasteiger charge is -2.10. The fourth-order valence-electron chi connectivity index (χ4n) is 2.86. The Hall–Kier alpha value is -1.62. The molecule has 0 heterocycles. The van der Waals surface area contributed by atoms with E-state index in [9.17, 15) is 5.11 Å².